The molecule has 2 amide bonds. The molecule has 3 aromatic rings. The summed E-state index contributed by atoms with van der Waals surface area (Å²) in [6.45, 7) is 2.97. The van der Waals surface area contributed by atoms with E-state index in [4.69, 9.17) is 4.74 Å². The number of nitrogens with one attached hydrogen (secondary N) is 1. The van der Waals surface area contributed by atoms with Gasteiger partial charge in [0, 0.05) is 25.2 Å². The number of carbonyl (C=O) groups is 1. The van der Waals surface area contributed by atoms with Gasteiger partial charge in [0.2, 0.25) is 0 Å². The van der Waals surface area contributed by atoms with Gasteiger partial charge in [0.25, 0.3) is 5.56 Å². The normalized spacial score (nSPS) is 14.7. The molecule has 30 heavy (non-hydrogen) atoms. The Labute approximate surface area is 173 Å². The molecule has 2 heterocycles. The fourth-order valence-corrected chi connectivity index (χ4v) is 3.83. The van der Waals surface area contributed by atoms with E-state index in [0.717, 1.165) is 5.56 Å². The van der Waals surface area contributed by atoms with E-state index >= 15 is 0 Å². The Morgan fingerprint density at radius 3 is 2.70 bits per heavy atom. The van der Waals surface area contributed by atoms with Crippen LogP contribution in [0.25, 0.3) is 10.9 Å². The molecule has 1 fully saturated rings. The van der Waals surface area contributed by atoms with Crippen LogP contribution in [0.15, 0.2) is 47.5 Å². The van der Waals surface area contributed by atoms with Crippen LogP contribution >= 0.6 is 0 Å². The summed E-state index contributed by atoms with van der Waals surface area (Å²) in [6, 6.07) is 9.34. The highest BCUT2D eigenvalue weighted by atomic mass is 19.1. The summed E-state index contributed by atoms with van der Waals surface area (Å²) < 4.78 is 20.3. The summed E-state index contributed by atoms with van der Waals surface area (Å²) in [7, 11) is 1.57. The van der Waals surface area contributed by atoms with Gasteiger partial charge in [-0.3, -0.25) is 9.36 Å². The average Bonchev–Trinajstić information content (AvgIpc) is 2.74. The molecule has 0 atom stereocenters. The van der Waals surface area contributed by atoms with Gasteiger partial charge in [-0.2, -0.15) is 0 Å². The Morgan fingerprint density at radius 2 is 1.97 bits per heavy atom. The predicted octanol–water partition coefficient (Wildman–Crippen LogP) is 3.72. The van der Waals surface area contributed by atoms with Crippen LogP contribution in [0.1, 0.15) is 24.4 Å². The maximum Gasteiger partial charge on any atom is 0.321 e. The number of aryl methyl sites for hydroxylation is 1. The van der Waals surface area contributed by atoms with Crippen molar-refractivity contribution in [2.75, 3.05) is 25.5 Å². The molecule has 7 nitrogen and oxygen atoms in total. The largest absolute Gasteiger partial charge is 0.495 e. The lowest BCUT2D eigenvalue weighted by molar-refractivity contribution is 0.182. The van der Waals surface area contributed by atoms with Gasteiger partial charge in [-0.15, -0.1) is 0 Å². The molecule has 0 saturated carbocycles. The number of nitrogens with zero attached hydrogens (tertiary/aromatic N) is 3. The third-order valence-corrected chi connectivity index (χ3v) is 5.49. The lowest BCUT2D eigenvalue weighted by atomic mass is 10.0. The predicted molar refractivity (Wildman–Crippen MR) is 113 cm³/mol. The number of benzene rings is 2. The van der Waals surface area contributed by atoms with Crippen LogP contribution in [-0.4, -0.2) is 40.7 Å². The number of carbonyl (C=O) groups excluding carboxylic acids is 1. The van der Waals surface area contributed by atoms with Gasteiger partial charge in [0.15, 0.2) is 0 Å². The molecule has 0 spiro atoms. The first-order valence-corrected chi connectivity index (χ1v) is 9.83. The number of ether oxygens (including phenoxy) is 1. The zero-order valence-electron chi connectivity index (χ0n) is 16.9. The minimum Gasteiger partial charge on any atom is -0.495 e. The highest BCUT2D eigenvalue weighted by Gasteiger charge is 2.25. The Balaban J connectivity index is 1.45. The monoisotopic (exact) mass is 410 g/mol. The first kappa shape index (κ1) is 19.9. The molecule has 8 heteroatoms. The highest BCUT2D eigenvalue weighted by Crippen LogP contribution is 2.27. The maximum absolute atomic E-state index is 13.4. The molecule has 1 N–H and O–H groups in total. The molecule has 0 aliphatic carbocycles. The topological polar surface area (TPSA) is 76.5 Å². The molecule has 0 bridgehead atoms. The second-order valence-corrected chi connectivity index (χ2v) is 7.47. The summed E-state index contributed by atoms with van der Waals surface area (Å²) in [4.78, 5) is 31.5. The third kappa shape index (κ3) is 3.85. The van der Waals surface area contributed by atoms with Crippen molar-refractivity contribution in [1.82, 2.24) is 14.5 Å². The molecule has 2 aromatic carbocycles. The maximum atomic E-state index is 13.4. The van der Waals surface area contributed by atoms with Gasteiger partial charge in [0.05, 0.1) is 30.0 Å². The van der Waals surface area contributed by atoms with Crippen molar-refractivity contribution in [3.63, 3.8) is 0 Å². The van der Waals surface area contributed by atoms with Crippen molar-refractivity contribution in [1.29, 1.82) is 0 Å². The van der Waals surface area contributed by atoms with Gasteiger partial charge in [0.1, 0.15) is 11.6 Å². The Morgan fingerprint density at radius 1 is 1.20 bits per heavy atom. The molecule has 1 aliphatic rings. The van der Waals surface area contributed by atoms with E-state index in [1.165, 1.54) is 24.5 Å². The van der Waals surface area contributed by atoms with Crippen LogP contribution in [0.4, 0.5) is 14.9 Å². The van der Waals surface area contributed by atoms with E-state index in [2.05, 4.69) is 10.3 Å². The molecule has 1 saturated heterocycles. The van der Waals surface area contributed by atoms with Crippen molar-refractivity contribution in [3.05, 3.63) is 64.5 Å². The smallest absolute Gasteiger partial charge is 0.321 e. The molecule has 1 aromatic heterocycles. The van der Waals surface area contributed by atoms with E-state index in [1.54, 1.807) is 16.6 Å². The number of urea groups is 1. The summed E-state index contributed by atoms with van der Waals surface area (Å²) in [5.41, 5.74) is 1.81. The second kappa shape index (κ2) is 8.14. The highest BCUT2D eigenvalue weighted by molar-refractivity contribution is 5.91. The van der Waals surface area contributed by atoms with Gasteiger partial charge in [-0.1, -0.05) is 6.07 Å². The Bertz CT molecular complexity index is 1150. The zero-order valence-corrected chi connectivity index (χ0v) is 16.9. The third-order valence-electron chi connectivity index (χ3n) is 5.49. The van der Waals surface area contributed by atoms with E-state index in [9.17, 15) is 14.0 Å². The van der Waals surface area contributed by atoms with Crippen molar-refractivity contribution in [2.24, 2.45) is 0 Å². The van der Waals surface area contributed by atoms with Crippen LogP contribution in [0.5, 0.6) is 5.75 Å². The Kier molecular flexibility index (Phi) is 5.39. The molecule has 4 rings (SSSR count). The summed E-state index contributed by atoms with van der Waals surface area (Å²) >= 11 is 0. The minimum atomic E-state index is -0.420. The molecule has 1 aliphatic heterocycles. The number of hydrogen-bond donors (Lipinski definition) is 1. The van der Waals surface area contributed by atoms with Crippen molar-refractivity contribution in [3.8, 4) is 5.75 Å². The molecular weight excluding hydrogens is 387 g/mol. The average molecular weight is 410 g/mol. The molecule has 0 unspecified atom stereocenters. The standard InChI is InChI=1S/C22H23FN4O3/c1-14-3-6-20(30-2)19(11-14)25-22(29)26-9-7-16(8-10-26)27-13-24-18-12-15(23)4-5-17(18)21(27)28/h3-6,11-13,16H,7-10H2,1-2H3,(H,25,29). The van der Waals surface area contributed by atoms with Crippen molar-refractivity contribution >= 4 is 22.6 Å². The SMILES string of the molecule is COc1ccc(C)cc1NC(=O)N1CCC(n2cnc3cc(F)ccc3c2=O)CC1. The minimum absolute atomic E-state index is 0.0583. The number of halogens is 1. The number of hydrogen-bond acceptors (Lipinski definition) is 4. The number of piperidine rings is 1. The number of methoxy groups -OCH3 is 1. The van der Waals surface area contributed by atoms with Crippen molar-refractivity contribution in [2.45, 2.75) is 25.8 Å². The van der Waals surface area contributed by atoms with Gasteiger partial charge in [-0.05, 0) is 49.6 Å². The first-order valence-electron chi connectivity index (χ1n) is 9.83. The van der Waals surface area contributed by atoms with Crippen LogP contribution in [0.2, 0.25) is 0 Å². The van der Waals surface area contributed by atoms with E-state index < -0.39 is 5.82 Å². The molecule has 0 radical (unpaired) electrons. The van der Waals surface area contributed by atoms with Gasteiger partial charge in [-0.25, -0.2) is 14.2 Å². The van der Waals surface area contributed by atoms with E-state index in [0.29, 0.717) is 48.3 Å². The number of fused-ring (bicyclic) bond motifs is 1. The number of amides is 2. The van der Waals surface area contributed by atoms with E-state index in [1.807, 2.05) is 25.1 Å². The number of rotatable bonds is 3. The lowest BCUT2D eigenvalue weighted by Crippen LogP contribution is -2.42. The second-order valence-electron chi connectivity index (χ2n) is 7.47. The van der Waals surface area contributed by atoms with Crippen LogP contribution in [-0.2, 0) is 0 Å². The summed E-state index contributed by atoms with van der Waals surface area (Å²) in [6.07, 6.45) is 2.74. The Hall–Kier alpha value is -3.42. The lowest BCUT2D eigenvalue weighted by Gasteiger charge is -2.33. The van der Waals surface area contributed by atoms with Crippen LogP contribution < -0.4 is 15.6 Å². The number of aromatic nitrogens is 2. The fraction of sp³-hybridized carbons (Fsp3) is 0.318. The number of anilines is 1. The van der Waals surface area contributed by atoms with E-state index in [-0.39, 0.29) is 17.6 Å². The first-order chi connectivity index (χ1) is 14.5. The number of likely N-dealkylation sites (tertiary alicyclic amines) is 1. The van der Waals surface area contributed by atoms with Gasteiger partial charge >= 0.3 is 6.03 Å². The van der Waals surface area contributed by atoms with Crippen LogP contribution in [0.3, 0.4) is 0 Å². The zero-order chi connectivity index (χ0) is 21.3. The summed E-state index contributed by atoms with van der Waals surface area (Å²) in [5, 5.41) is 3.31. The van der Waals surface area contributed by atoms with Gasteiger partial charge < -0.3 is 15.0 Å². The van der Waals surface area contributed by atoms with Crippen molar-refractivity contribution < 1.29 is 13.9 Å². The molecule has 156 valence electrons. The summed E-state index contributed by atoms with van der Waals surface area (Å²) in [5.74, 6) is 0.186. The molecular formula is C22H23FN4O3. The van der Waals surface area contributed by atoms with Crippen LogP contribution in [0, 0.1) is 12.7 Å². The quantitative estimate of drug-likeness (QED) is 0.714. The fourth-order valence-electron chi connectivity index (χ4n) is 3.83.